The third kappa shape index (κ3) is 3.57. The minimum absolute atomic E-state index is 0.218. The van der Waals surface area contributed by atoms with Crippen molar-refractivity contribution in [3.8, 4) is 0 Å². The summed E-state index contributed by atoms with van der Waals surface area (Å²) in [5, 5.41) is 10.2. The first-order valence-electron chi connectivity index (χ1n) is 6.95. The monoisotopic (exact) mass is 280 g/mol. The van der Waals surface area contributed by atoms with Crippen molar-refractivity contribution in [2.24, 2.45) is 11.8 Å². The van der Waals surface area contributed by atoms with Crippen molar-refractivity contribution in [1.29, 1.82) is 0 Å². The molecule has 19 heavy (non-hydrogen) atoms. The normalized spacial score (nSPS) is 20.6. The number of anilines is 2. The van der Waals surface area contributed by atoms with E-state index in [0.717, 1.165) is 37.2 Å². The van der Waals surface area contributed by atoms with Gasteiger partial charge in [0.1, 0.15) is 0 Å². The fraction of sp³-hybridized carbons (Fsp3) is 0.571. The number of hydrogen-bond donors (Lipinski definition) is 2. The van der Waals surface area contributed by atoms with Crippen molar-refractivity contribution in [3.05, 3.63) is 23.2 Å². The molecule has 0 saturated carbocycles. The Kier molecular flexibility index (Phi) is 4.64. The molecule has 104 valence electrons. The van der Waals surface area contributed by atoms with Gasteiger partial charge < -0.3 is 15.7 Å². The summed E-state index contributed by atoms with van der Waals surface area (Å²) in [6, 6.07) is 5.70. The van der Waals surface area contributed by atoms with E-state index >= 15 is 0 Å². The maximum atomic E-state index is 9.49. The minimum atomic E-state index is -0.218. The van der Waals surface area contributed by atoms with Crippen molar-refractivity contribution in [2.45, 2.75) is 26.5 Å². The molecule has 1 aromatic carbocycles. The Bertz CT molecular complexity index is 441. The molecule has 3 N–H and O–H groups in total. The summed E-state index contributed by atoms with van der Waals surface area (Å²) in [5.74, 6) is 1.17. The Hall–Kier alpha value is -0.865. The Morgan fingerprint density at radius 1 is 1.58 bits per heavy atom. The Morgan fingerprint density at radius 3 is 2.95 bits per heavy atom. The van der Waals surface area contributed by atoms with E-state index in [1.54, 1.807) is 0 Å². The maximum absolute atomic E-state index is 9.49. The highest BCUT2D eigenvalue weighted by atomic mass is 35.5. The highest BCUT2D eigenvalue weighted by Gasteiger charge is 2.29. The van der Waals surface area contributed by atoms with E-state index in [9.17, 15) is 5.02 Å². The van der Waals surface area contributed by atoms with Gasteiger partial charge in [0.05, 0.1) is 11.4 Å². The van der Waals surface area contributed by atoms with E-state index in [0.29, 0.717) is 16.9 Å². The summed E-state index contributed by atoms with van der Waals surface area (Å²) in [5.41, 5.74) is 7.86. The van der Waals surface area contributed by atoms with E-state index in [1.165, 1.54) is 0 Å². The van der Waals surface area contributed by atoms with E-state index in [1.807, 2.05) is 25.0 Å². The van der Waals surface area contributed by atoms with Crippen LogP contribution in [0.25, 0.3) is 0 Å². The number of rotatable bonds is 4. The van der Waals surface area contributed by atoms with Gasteiger partial charge in [0, 0.05) is 18.1 Å². The fourth-order valence-corrected chi connectivity index (χ4v) is 3.19. The van der Waals surface area contributed by atoms with Crippen LogP contribution in [-0.2, 0) is 0 Å². The Balaban J connectivity index is 2.01. The number of nitrogens with zero attached hydrogens (tertiary/aromatic N) is 1. The third-order valence-electron chi connectivity index (χ3n) is 4.07. The molecule has 2 rings (SSSR count). The molecule has 1 fully saturated rings. The lowest BCUT2D eigenvalue weighted by atomic mass is 9.62. The first kappa shape index (κ1) is 14.5. The fourth-order valence-electron chi connectivity index (χ4n) is 3.01. The van der Waals surface area contributed by atoms with Crippen LogP contribution in [0.3, 0.4) is 0 Å². The van der Waals surface area contributed by atoms with Crippen LogP contribution in [0, 0.1) is 11.8 Å². The summed E-state index contributed by atoms with van der Waals surface area (Å²) in [6.45, 7) is 5.91. The Labute approximate surface area is 120 Å². The summed E-state index contributed by atoms with van der Waals surface area (Å²) >= 11 is 5.93. The molecule has 0 bridgehead atoms. The smallest absolute Gasteiger partial charge is 0.286 e. The van der Waals surface area contributed by atoms with Gasteiger partial charge in [-0.2, -0.15) is 0 Å². The topological polar surface area (TPSA) is 49.5 Å². The van der Waals surface area contributed by atoms with E-state index in [4.69, 9.17) is 17.3 Å². The van der Waals surface area contributed by atoms with Gasteiger partial charge in [0.15, 0.2) is 0 Å². The highest BCUT2D eigenvalue weighted by Crippen LogP contribution is 2.34. The van der Waals surface area contributed by atoms with Crippen LogP contribution >= 0.6 is 11.6 Å². The molecular weight excluding hydrogens is 258 g/mol. The second kappa shape index (κ2) is 6.06. The van der Waals surface area contributed by atoms with Gasteiger partial charge in [0.25, 0.3) is 6.92 Å². The predicted molar refractivity (Wildman–Crippen MR) is 84.0 cm³/mol. The molecule has 0 aromatic heterocycles. The summed E-state index contributed by atoms with van der Waals surface area (Å²) in [6.07, 6.45) is 2.03. The molecule has 1 heterocycles. The van der Waals surface area contributed by atoms with Gasteiger partial charge in [-0.25, -0.2) is 0 Å². The zero-order valence-electron chi connectivity index (χ0n) is 11.6. The van der Waals surface area contributed by atoms with Crippen molar-refractivity contribution in [1.82, 2.24) is 0 Å². The van der Waals surface area contributed by atoms with Crippen LogP contribution in [-0.4, -0.2) is 25.0 Å². The van der Waals surface area contributed by atoms with Gasteiger partial charge in [-0.15, -0.1) is 0 Å². The average Bonchev–Trinajstić information content (AvgIpc) is 2.77. The summed E-state index contributed by atoms with van der Waals surface area (Å²) < 4.78 is 0. The van der Waals surface area contributed by atoms with Crippen molar-refractivity contribution < 1.29 is 5.02 Å². The second-order valence-corrected chi connectivity index (χ2v) is 6.20. The molecule has 1 saturated heterocycles. The largest absolute Gasteiger partial charge is 0.451 e. The number of nitrogens with two attached hydrogens (primary N) is 1. The first-order valence-corrected chi connectivity index (χ1v) is 7.33. The highest BCUT2D eigenvalue weighted by molar-refractivity contribution is 6.48. The van der Waals surface area contributed by atoms with Crippen molar-refractivity contribution in [3.63, 3.8) is 0 Å². The maximum Gasteiger partial charge on any atom is 0.286 e. The van der Waals surface area contributed by atoms with Crippen LogP contribution in [0.15, 0.2) is 18.2 Å². The first-order chi connectivity index (χ1) is 8.97. The Morgan fingerprint density at radius 2 is 2.32 bits per heavy atom. The summed E-state index contributed by atoms with van der Waals surface area (Å²) in [4.78, 5) is 2.33. The molecule has 0 aliphatic carbocycles. The quantitative estimate of drug-likeness (QED) is 0.658. The zero-order chi connectivity index (χ0) is 14.0. The minimum Gasteiger partial charge on any atom is -0.451 e. The number of nitrogen functional groups attached to an aromatic ring is 1. The molecule has 0 amide bonds. The molecule has 1 aromatic rings. The lowest BCUT2D eigenvalue weighted by Crippen LogP contribution is -2.24. The van der Waals surface area contributed by atoms with Crippen LogP contribution in [0.5, 0.6) is 0 Å². The molecule has 3 nitrogen and oxygen atoms in total. The molecule has 1 aliphatic heterocycles. The van der Waals surface area contributed by atoms with Gasteiger partial charge in [-0.1, -0.05) is 25.3 Å². The van der Waals surface area contributed by atoms with Gasteiger partial charge in [0.2, 0.25) is 0 Å². The molecular formula is C14H22BClN2O. The number of benzene rings is 1. The lowest BCUT2D eigenvalue weighted by molar-refractivity contribution is 0.406. The average molecular weight is 281 g/mol. The standard InChI is InChI=1S/C14H22BClN2O/c1-10(8-15(2)19)11-5-6-18(9-11)14-4-3-12(16)7-13(14)17/h3-4,7,10-11,19H,5-6,8-9,17H2,1-2H3. The van der Waals surface area contributed by atoms with Crippen LogP contribution in [0.4, 0.5) is 11.4 Å². The molecule has 2 unspecified atom stereocenters. The molecule has 5 heteroatoms. The van der Waals surface area contributed by atoms with Crippen LogP contribution in [0.2, 0.25) is 18.2 Å². The van der Waals surface area contributed by atoms with Gasteiger partial charge in [-0.05, 0) is 42.8 Å². The predicted octanol–water partition coefficient (Wildman–Crippen LogP) is 3.00. The molecule has 0 radical (unpaired) electrons. The van der Waals surface area contributed by atoms with E-state index in [-0.39, 0.29) is 6.92 Å². The molecule has 2 atom stereocenters. The van der Waals surface area contributed by atoms with Gasteiger partial charge in [-0.3, -0.25) is 0 Å². The van der Waals surface area contributed by atoms with Gasteiger partial charge >= 0.3 is 0 Å². The van der Waals surface area contributed by atoms with Crippen molar-refractivity contribution >= 4 is 29.9 Å². The SMILES string of the molecule is CB(O)CC(C)C1CCN(c2ccc(Cl)cc2N)C1. The third-order valence-corrected chi connectivity index (χ3v) is 4.31. The lowest BCUT2D eigenvalue weighted by Gasteiger charge is -2.23. The number of hydrogen-bond acceptors (Lipinski definition) is 3. The zero-order valence-corrected chi connectivity index (χ0v) is 12.4. The molecule has 1 aliphatic rings. The van der Waals surface area contributed by atoms with Crippen LogP contribution < -0.4 is 10.6 Å². The summed E-state index contributed by atoms with van der Waals surface area (Å²) in [7, 11) is 0. The van der Waals surface area contributed by atoms with E-state index in [2.05, 4.69) is 11.8 Å². The van der Waals surface area contributed by atoms with E-state index < -0.39 is 0 Å². The second-order valence-electron chi connectivity index (χ2n) is 5.76. The number of halogens is 1. The van der Waals surface area contributed by atoms with Crippen molar-refractivity contribution in [2.75, 3.05) is 23.7 Å². The van der Waals surface area contributed by atoms with Crippen LogP contribution in [0.1, 0.15) is 13.3 Å². The molecule has 0 spiro atoms.